The van der Waals surface area contributed by atoms with Crippen LogP contribution in [-0.4, -0.2) is 23.0 Å². The Kier molecular flexibility index (Phi) is 5.62. The van der Waals surface area contributed by atoms with E-state index >= 15 is 0 Å². The van der Waals surface area contributed by atoms with Crippen molar-refractivity contribution in [1.29, 1.82) is 0 Å². The lowest BCUT2D eigenvalue weighted by molar-refractivity contribution is -0.123. The van der Waals surface area contributed by atoms with E-state index in [0.717, 1.165) is 5.01 Å². The van der Waals surface area contributed by atoms with Crippen molar-refractivity contribution in [2.45, 2.75) is 26.9 Å². The first-order valence-corrected chi connectivity index (χ1v) is 8.26. The number of aromatic nitrogens is 1. The predicted octanol–water partition coefficient (Wildman–Crippen LogP) is 4.25. The normalized spacial score (nSPS) is 11.9. The number of nitrogens with zero attached hydrogens (tertiary/aromatic N) is 1. The van der Waals surface area contributed by atoms with E-state index in [1.807, 2.05) is 0 Å². The van der Waals surface area contributed by atoms with Gasteiger partial charge in [-0.05, 0) is 39.0 Å². The van der Waals surface area contributed by atoms with Crippen molar-refractivity contribution >= 4 is 52.1 Å². The number of amides is 1. The van der Waals surface area contributed by atoms with Gasteiger partial charge in [0.25, 0.3) is 5.91 Å². The van der Waals surface area contributed by atoms with Gasteiger partial charge in [0.15, 0.2) is 6.10 Å². The second-order valence-corrected chi connectivity index (χ2v) is 6.86. The average Bonchev–Trinajstić information content (AvgIpc) is 2.80. The van der Waals surface area contributed by atoms with Gasteiger partial charge in [-0.1, -0.05) is 23.2 Å². The number of thiazole rings is 1. The van der Waals surface area contributed by atoms with Gasteiger partial charge >= 0.3 is 5.97 Å². The highest BCUT2D eigenvalue weighted by Crippen LogP contribution is 2.25. The fourth-order valence-corrected chi connectivity index (χ4v) is 3.07. The lowest BCUT2D eigenvalue weighted by Gasteiger charge is -2.14. The van der Waals surface area contributed by atoms with Gasteiger partial charge in [-0.3, -0.25) is 4.79 Å². The first kappa shape index (κ1) is 17.7. The van der Waals surface area contributed by atoms with E-state index in [0.29, 0.717) is 26.3 Å². The predicted molar refractivity (Wildman–Crippen MR) is 91.6 cm³/mol. The third kappa shape index (κ3) is 4.43. The van der Waals surface area contributed by atoms with Gasteiger partial charge in [0.1, 0.15) is 4.88 Å². The van der Waals surface area contributed by atoms with Crippen LogP contribution in [-0.2, 0) is 9.53 Å². The number of anilines is 1. The molecular formula is C15H14Cl2N2O3S. The zero-order valence-corrected chi connectivity index (χ0v) is 15.0. The molecule has 0 saturated heterocycles. The van der Waals surface area contributed by atoms with E-state index in [2.05, 4.69) is 10.3 Å². The highest BCUT2D eigenvalue weighted by atomic mass is 35.5. The molecule has 23 heavy (non-hydrogen) atoms. The number of ether oxygens (including phenoxy) is 1. The zero-order chi connectivity index (χ0) is 17.1. The van der Waals surface area contributed by atoms with Crippen molar-refractivity contribution in [1.82, 2.24) is 4.98 Å². The minimum Gasteiger partial charge on any atom is -0.448 e. The minimum atomic E-state index is -0.976. The van der Waals surface area contributed by atoms with E-state index in [1.165, 1.54) is 24.3 Å². The van der Waals surface area contributed by atoms with Crippen molar-refractivity contribution in [3.8, 4) is 0 Å². The van der Waals surface area contributed by atoms with Gasteiger partial charge in [-0.15, -0.1) is 11.3 Å². The highest BCUT2D eigenvalue weighted by molar-refractivity contribution is 7.13. The van der Waals surface area contributed by atoms with E-state index in [9.17, 15) is 9.59 Å². The number of carbonyl (C=O) groups is 2. The molecule has 2 aromatic rings. The first-order chi connectivity index (χ1) is 10.8. The lowest BCUT2D eigenvalue weighted by Crippen LogP contribution is -2.30. The standard InChI is InChI=1S/C15H14Cl2N2O3S/c1-7-13(23-9(3)18-7)15(21)22-8(2)14(20)19-12-5-4-10(16)6-11(12)17/h4-6,8H,1-3H3,(H,19,20)/t8-/m0/s1. The fraction of sp³-hybridized carbons (Fsp3) is 0.267. The van der Waals surface area contributed by atoms with Crippen molar-refractivity contribution in [3.63, 3.8) is 0 Å². The van der Waals surface area contributed by atoms with Gasteiger partial charge in [-0.25, -0.2) is 9.78 Å². The number of halogens is 2. The molecule has 1 heterocycles. The van der Waals surface area contributed by atoms with Crippen molar-refractivity contribution < 1.29 is 14.3 Å². The van der Waals surface area contributed by atoms with E-state index in [-0.39, 0.29) is 0 Å². The molecule has 1 amide bonds. The first-order valence-electron chi connectivity index (χ1n) is 6.69. The number of hydrogen-bond acceptors (Lipinski definition) is 5. The summed E-state index contributed by atoms with van der Waals surface area (Å²) in [5.74, 6) is -1.06. The Labute approximate surface area is 147 Å². The molecule has 1 N–H and O–H groups in total. The summed E-state index contributed by atoms with van der Waals surface area (Å²) in [4.78, 5) is 28.8. The maximum Gasteiger partial charge on any atom is 0.351 e. The molecule has 0 aliphatic carbocycles. The molecule has 0 bridgehead atoms. The Morgan fingerprint density at radius 3 is 2.57 bits per heavy atom. The lowest BCUT2D eigenvalue weighted by atomic mass is 10.3. The SMILES string of the molecule is Cc1nc(C)c(C(=O)O[C@@H](C)C(=O)Nc2ccc(Cl)cc2Cl)s1. The van der Waals surface area contributed by atoms with E-state index < -0.39 is 18.0 Å². The molecule has 122 valence electrons. The monoisotopic (exact) mass is 372 g/mol. The van der Waals surface area contributed by atoms with Gasteiger partial charge < -0.3 is 10.1 Å². The Hall–Kier alpha value is -1.63. The summed E-state index contributed by atoms with van der Waals surface area (Å²) in [7, 11) is 0. The van der Waals surface area contributed by atoms with E-state index in [4.69, 9.17) is 27.9 Å². The topological polar surface area (TPSA) is 68.3 Å². The summed E-state index contributed by atoms with van der Waals surface area (Å²) in [6.45, 7) is 5.01. The number of nitrogens with one attached hydrogen (secondary N) is 1. The zero-order valence-electron chi connectivity index (χ0n) is 12.6. The Morgan fingerprint density at radius 1 is 1.30 bits per heavy atom. The van der Waals surface area contributed by atoms with Crippen LogP contribution in [0, 0.1) is 13.8 Å². The smallest absolute Gasteiger partial charge is 0.351 e. The fourth-order valence-electron chi connectivity index (χ4n) is 1.81. The molecule has 1 atom stereocenters. The number of esters is 1. The Morgan fingerprint density at radius 2 is 2.00 bits per heavy atom. The quantitative estimate of drug-likeness (QED) is 0.814. The molecule has 8 heteroatoms. The number of carbonyl (C=O) groups excluding carboxylic acids is 2. The molecule has 0 fully saturated rings. The highest BCUT2D eigenvalue weighted by Gasteiger charge is 2.22. The summed E-state index contributed by atoms with van der Waals surface area (Å²) in [6.07, 6.45) is -0.976. The largest absolute Gasteiger partial charge is 0.448 e. The molecule has 2 rings (SSSR count). The van der Waals surface area contributed by atoms with Crippen LogP contribution in [0.15, 0.2) is 18.2 Å². The maximum absolute atomic E-state index is 12.1. The van der Waals surface area contributed by atoms with Crippen molar-refractivity contribution in [2.24, 2.45) is 0 Å². The summed E-state index contributed by atoms with van der Waals surface area (Å²) in [5.41, 5.74) is 0.986. The molecular weight excluding hydrogens is 359 g/mol. The summed E-state index contributed by atoms with van der Waals surface area (Å²) < 4.78 is 5.18. The average molecular weight is 373 g/mol. The van der Waals surface area contributed by atoms with Gasteiger partial charge in [0.2, 0.25) is 0 Å². The Bertz CT molecular complexity index is 761. The van der Waals surface area contributed by atoms with Crippen LogP contribution in [0.5, 0.6) is 0 Å². The van der Waals surface area contributed by atoms with Crippen molar-refractivity contribution in [2.75, 3.05) is 5.32 Å². The molecule has 0 radical (unpaired) electrons. The summed E-state index contributed by atoms with van der Waals surface area (Å²) in [6, 6.07) is 4.69. The second kappa shape index (κ2) is 7.29. The molecule has 5 nitrogen and oxygen atoms in total. The molecule has 0 spiro atoms. The molecule has 0 saturated carbocycles. The van der Waals surface area contributed by atoms with Crippen LogP contribution in [0.1, 0.15) is 27.3 Å². The van der Waals surface area contributed by atoms with Crippen LogP contribution >= 0.6 is 34.5 Å². The van der Waals surface area contributed by atoms with Crippen molar-refractivity contribution in [3.05, 3.63) is 43.8 Å². The molecule has 0 aliphatic rings. The molecule has 1 aromatic carbocycles. The Balaban J connectivity index is 2.02. The van der Waals surface area contributed by atoms with Crippen LogP contribution in [0.2, 0.25) is 10.0 Å². The number of hydrogen-bond donors (Lipinski definition) is 1. The van der Waals surface area contributed by atoms with E-state index in [1.54, 1.807) is 26.0 Å². The number of benzene rings is 1. The van der Waals surface area contributed by atoms with Crippen LogP contribution in [0.3, 0.4) is 0 Å². The minimum absolute atomic E-state index is 0.304. The van der Waals surface area contributed by atoms with Gasteiger partial charge in [-0.2, -0.15) is 0 Å². The third-order valence-corrected chi connectivity index (χ3v) is 4.53. The van der Waals surface area contributed by atoms with Gasteiger partial charge in [0.05, 0.1) is 21.4 Å². The number of aryl methyl sites for hydroxylation is 2. The van der Waals surface area contributed by atoms with Gasteiger partial charge in [0, 0.05) is 5.02 Å². The molecule has 0 aliphatic heterocycles. The number of rotatable bonds is 4. The summed E-state index contributed by atoms with van der Waals surface area (Å²) in [5, 5.41) is 4.12. The second-order valence-electron chi connectivity index (χ2n) is 4.81. The van der Waals surface area contributed by atoms with Crippen LogP contribution < -0.4 is 5.32 Å². The van der Waals surface area contributed by atoms with Crippen LogP contribution in [0.25, 0.3) is 0 Å². The van der Waals surface area contributed by atoms with Crippen LogP contribution in [0.4, 0.5) is 5.69 Å². The maximum atomic E-state index is 12.1. The summed E-state index contributed by atoms with van der Waals surface area (Å²) >= 11 is 13.0. The third-order valence-electron chi connectivity index (χ3n) is 2.93. The molecule has 1 aromatic heterocycles. The molecule has 0 unspecified atom stereocenters.